The van der Waals surface area contributed by atoms with Gasteiger partial charge in [-0.3, -0.25) is 0 Å². The molecular weight excluding hydrogens is 467 g/mol. The molecule has 0 amide bonds. The van der Waals surface area contributed by atoms with Crippen LogP contribution in [0.4, 0.5) is 22.0 Å². The van der Waals surface area contributed by atoms with E-state index in [1.54, 1.807) is 13.8 Å². The van der Waals surface area contributed by atoms with Crippen molar-refractivity contribution in [1.29, 1.82) is 0 Å². The molecule has 0 saturated carbocycles. The van der Waals surface area contributed by atoms with Crippen LogP contribution in [0.2, 0.25) is 0 Å². The maximum absolute atomic E-state index is 13.6. The summed E-state index contributed by atoms with van der Waals surface area (Å²) in [5.41, 5.74) is -0.824. The molecule has 2 aromatic carbocycles. The van der Waals surface area contributed by atoms with Crippen LogP contribution in [0.15, 0.2) is 40.9 Å². The Morgan fingerprint density at radius 3 is 2.32 bits per heavy atom. The second-order valence-corrected chi connectivity index (χ2v) is 7.70. The molecule has 0 aliphatic carbocycles. The third kappa shape index (κ3) is 5.01. The molecule has 1 unspecified atom stereocenters. The van der Waals surface area contributed by atoms with Crippen LogP contribution in [-0.2, 0) is 11.0 Å². The number of aliphatic hydroxyl groups is 1. The SMILES string of the molecule is Cc1cc(C(O)C(F)(F)C(=O)O)ccc1-c1noc(-c2ccc(OC(C)C)c(C(F)(F)F)c2)n1. The summed E-state index contributed by atoms with van der Waals surface area (Å²) in [6.45, 7) is 4.65. The maximum atomic E-state index is 13.6. The number of alkyl halides is 5. The summed E-state index contributed by atoms with van der Waals surface area (Å²) in [6, 6.07) is 6.75. The Balaban J connectivity index is 1.95. The standard InChI is InChI=1S/C22H19F5N2O5/c1-10(2)33-16-7-5-13(9-15(16)22(25,26)27)19-28-18(29-34-19)14-6-4-12(8-11(14)3)17(30)21(23,24)20(31)32/h4-10,17,30H,1-3H3,(H,31,32). The van der Waals surface area contributed by atoms with Crippen molar-refractivity contribution in [2.45, 2.75) is 45.1 Å². The van der Waals surface area contributed by atoms with Gasteiger partial charge in [-0.2, -0.15) is 26.9 Å². The molecular formula is C22H19F5N2O5. The monoisotopic (exact) mass is 486 g/mol. The van der Waals surface area contributed by atoms with E-state index in [0.29, 0.717) is 5.56 Å². The number of nitrogens with zero attached hydrogens (tertiary/aromatic N) is 2. The van der Waals surface area contributed by atoms with Gasteiger partial charge in [0.15, 0.2) is 6.10 Å². The van der Waals surface area contributed by atoms with E-state index in [0.717, 1.165) is 24.3 Å². The smallest absolute Gasteiger partial charge is 0.419 e. The zero-order valence-corrected chi connectivity index (χ0v) is 18.0. The van der Waals surface area contributed by atoms with Gasteiger partial charge in [0.2, 0.25) is 5.82 Å². The lowest BCUT2D eigenvalue weighted by atomic mass is 9.98. The van der Waals surface area contributed by atoms with E-state index in [-0.39, 0.29) is 34.2 Å². The van der Waals surface area contributed by atoms with Gasteiger partial charge in [-0.15, -0.1) is 0 Å². The molecule has 12 heteroatoms. The summed E-state index contributed by atoms with van der Waals surface area (Å²) in [4.78, 5) is 14.8. The molecule has 0 radical (unpaired) electrons. The Labute approximate surface area is 189 Å². The number of ether oxygens (including phenoxy) is 1. The van der Waals surface area contributed by atoms with Crippen LogP contribution in [0, 0.1) is 6.92 Å². The summed E-state index contributed by atoms with van der Waals surface area (Å²) < 4.78 is 78.0. The molecule has 0 saturated heterocycles. The lowest BCUT2D eigenvalue weighted by molar-refractivity contribution is -0.182. The van der Waals surface area contributed by atoms with Crippen molar-refractivity contribution in [1.82, 2.24) is 10.1 Å². The zero-order valence-electron chi connectivity index (χ0n) is 18.0. The van der Waals surface area contributed by atoms with Crippen molar-refractivity contribution in [2.24, 2.45) is 0 Å². The summed E-state index contributed by atoms with van der Waals surface area (Å²) in [5, 5.41) is 22.1. The normalized spacial score (nSPS) is 13.2. The highest BCUT2D eigenvalue weighted by Gasteiger charge is 2.47. The molecule has 0 aliphatic rings. The molecule has 7 nitrogen and oxygen atoms in total. The van der Waals surface area contributed by atoms with Gasteiger partial charge in [0, 0.05) is 11.1 Å². The minimum absolute atomic E-state index is 0.0204. The van der Waals surface area contributed by atoms with Gasteiger partial charge < -0.3 is 19.5 Å². The van der Waals surface area contributed by atoms with Crippen molar-refractivity contribution in [2.75, 3.05) is 0 Å². The van der Waals surface area contributed by atoms with Crippen LogP contribution < -0.4 is 4.74 Å². The van der Waals surface area contributed by atoms with E-state index in [2.05, 4.69) is 10.1 Å². The van der Waals surface area contributed by atoms with E-state index in [4.69, 9.17) is 14.4 Å². The van der Waals surface area contributed by atoms with Crippen LogP contribution in [0.5, 0.6) is 5.75 Å². The highest BCUT2D eigenvalue weighted by atomic mass is 19.4. The van der Waals surface area contributed by atoms with Gasteiger partial charge in [0.1, 0.15) is 5.75 Å². The average molecular weight is 486 g/mol. The minimum Gasteiger partial charge on any atom is -0.490 e. The maximum Gasteiger partial charge on any atom is 0.419 e. The van der Waals surface area contributed by atoms with Gasteiger partial charge in [-0.25, -0.2) is 4.79 Å². The molecule has 0 aliphatic heterocycles. The van der Waals surface area contributed by atoms with E-state index in [1.165, 1.54) is 19.1 Å². The number of carbonyl (C=O) groups is 1. The molecule has 1 heterocycles. The summed E-state index contributed by atoms with van der Waals surface area (Å²) >= 11 is 0. The lowest BCUT2D eigenvalue weighted by Crippen LogP contribution is -2.35. The number of carboxylic acids is 1. The van der Waals surface area contributed by atoms with E-state index < -0.39 is 35.8 Å². The Hall–Kier alpha value is -3.54. The molecule has 3 rings (SSSR count). The Morgan fingerprint density at radius 2 is 1.76 bits per heavy atom. The first-order chi connectivity index (χ1) is 15.7. The van der Waals surface area contributed by atoms with Crippen LogP contribution in [0.1, 0.15) is 36.6 Å². The Bertz CT molecular complexity index is 1210. The van der Waals surface area contributed by atoms with Gasteiger partial charge in [0.25, 0.3) is 5.89 Å². The van der Waals surface area contributed by atoms with Crippen molar-refractivity contribution in [3.8, 4) is 28.6 Å². The molecule has 0 spiro atoms. The summed E-state index contributed by atoms with van der Waals surface area (Å²) in [5.74, 6) is -7.51. The average Bonchev–Trinajstić information content (AvgIpc) is 3.21. The number of carboxylic acid groups (broad SMARTS) is 1. The summed E-state index contributed by atoms with van der Waals surface area (Å²) in [7, 11) is 0. The first-order valence-electron chi connectivity index (χ1n) is 9.84. The molecule has 1 aromatic heterocycles. The van der Waals surface area contributed by atoms with Crippen molar-refractivity contribution >= 4 is 5.97 Å². The largest absolute Gasteiger partial charge is 0.490 e. The lowest BCUT2D eigenvalue weighted by Gasteiger charge is -2.19. The molecule has 0 fully saturated rings. The van der Waals surface area contributed by atoms with Gasteiger partial charge in [0.05, 0.1) is 11.7 Å². The van der Waals surface area contributed by atoms with Crippen molar-refractivity contribution in [3.05, 3.63) is 53.1 Å². The summed E-state index contributed by atoms with van der Waals surface area (Å²) in [6.07, 6.45) is -7.78. The van der Waals surface area contributed by atoms with Crippen molar-refractivity contribution < 1.29 is 46.2 Å². The first-order valence-corrected chi connectivity index (χ1v) is 9.84. The number of hydrogen-bond donors (Lipinski definition) is 2. The Morgan fingerprint density at radius 1 is 1.09 bits per heavy atom. The fourth-order valence-corrected chi connectivity index (χ4v) is 3.13. The molecule has 3 aromatic rings. The molecule has 0 bridgehead atoms. The number of aliphatic carboxylic acids is 1. The molecule has 182 valence electrons. The topological polar surface area (TPSA) is 106 Å². The molecule has 2 N–H and O–H groups in total. The van der Waals surface area contributed by atoms with Gasteiger partial charge in [-0.1, -0.05) is 23.4 Å². The predicted molar refractivity (Wildman–Crippen MR) is 108 cm³/mol. The fourth-order valence-electron chi connectivity index (χ4n) is 3.13. The van der Waals surface area contributed by atoms with Crippen LogP contribution in [0.3, 0.4) is 0 Å². The highest BCUT2D eigenvalue weighted by molar-refractivity contribution is 5.76. The molecule has 1 atom stereocenters. The quantitative estimate of drug-likeness (QED) is 0.438. The fraction of sp³-hybridized carbons (Fsp3) is 0.318. The minimum atomic E-state index is -4.70. The second kappa shape index (κ2) is 9.01. The van der Waals surface area contributed by atoms with Crippen LogP contribution in [-0.4, -0.2) is 38.3 Å². The van der Waals surface area contributed by atoms with E-state index in [9.17, 15) is 31.9 Å². The second-order valence-electron chi connectivity index (χ2n) is 7.70. The third-order valence-electron chi connectivity index (χ3n) is 4.76. The number of hydrogen-bond acceptors (Lipinski definition) is 6. The van der Waals surface area contributed by atoms with Gasteiger partial charge in [-0.05, 0) is 50.1 Å². The van der Waals surface area contributed by atoms with Crippen molar-refractivity contribution in [3.63, 3.8) is 0 Å². The van der Waals surface area contributed by atoms with E-state index >= 15 is 0 Å². The number of rotatable bonds is 7. The predicted octanol–water partition coefficient (Wildman–Crippen LogP) is 5.27. The Kier molecular flexibility index (Phi) is 6.65. The number of aromatic nitrogens is 2. The molecule has 34 heavy (non-hydrogen) atoms. The number of aliphatic hydroxyl groups excluding tert-OH is 1. The zero-order chi connectivity index (χ0) is 25.4. The highest BCUT2D eigenvalue weighted by Crippen LogP contribution is 2.39. The van der Waals surface area contributed by atoms with E-state index in [1.807, 2.05) is 0 Å². The first kappa shape index (κ1) is 25.1. The van der Waals surface area contributed by atoms with Gasteiger partial charge >= 0.3 is 18.1 Å². The number of benzene rings is 2. The number of halogens is 5. The van der Waals surface area contributed by atoms with Crippen LogP contribution in [0.25, 0.3) is 22.8 Å². The number of aryl methyl sites for hydroxylation is 1. The van der Waals surface area contributed by atoms with Crippen LogP contribution >= 0.6 is 0 Å². The third-order valence-corrected chi connectivity index (χ3v) is 4.76.